The maximum Gasteiger partial charge on any atom is 0.254 e. The second kappa shape index (κ2) is 8.68. The fourth-order valence-electron chi connectivity index (χ4n) is 3.22. The lowest BCUT2D eigenvalue weighted by atomic mass is 10.0. The summed E-state index contributed by atoms with van der Waals surface area (Å²) in [7, 11) is -3.57. The Morgan fingerprint density at radius 2 is 1.96 bits per heavy atom. The summed E-state index contributed by atoms with van der Waals surface area (Å²) < 4.78 is 33.3. The first kappa shape index (κ1) is 20.3. The molecule has 1 aliphatic carbocycles. The topological polar surface area (TPSA) is 102 Å². The van der Waals surface area contributed by atoms with Crippen molar-refractivity contribution in [2.45, 2.75) is 56.1 Å². The van der Waals surface area contributed by atoms with Gasteiger partial charge in [0.15, 0.2) is 0 Å². The minimum Gasteiger partial charge on any atom is -0.378 e. The van der Waals surface area contributed by atoms with Gasteiger partial charge in [-0.25, -0.2) is 13.1 Å². The number of ether oxygens (including phenoxy) is 1. The lowest BCUT2D eigenvalue weighted by molar-refractivity contribution is 0.00842. The molecule has 7 nitrogen and oxygen atoms in total. The average Bonchev–Trinajstić information content (AvgIpc) is 3.45. The maximum atomic E-state index is 13.0. The number of sulfonamides is 1. The molecule has 1 heterocycles. The highest BCUT2D eigenvalue weighted by molar-refractivity contribution is 7.89. The molecule has 0 atom stereocenters. The molecule has 3 N–H and O–H groups in total. The Balaban J connectivity index is 1.65. The van der Waals surface area contributed by atoms with E-state index in [1.54, 1.807) is 17.0 Å². The summed E-state index contributed by atoms with van der Waals surface area (Å²) >= 11 is 0. The van der Waals surface area contributed by atoms with E-state index in [2.05, 4.69) is 4.72 Å². The van der Waals surface area contributed by atoms with Crippen LogP contribution in [0.5, 0.6) is 0 Å². The quantitative estimate of drug-likeness (QED) is 0.648. The Hall–Kier alpha value is -1.48. The number of nitrogens with two attached hydrogens (primary N) is 1. The van der Waals surface area contributed by atoms with Crippen LogP contribution in [-0.4, -0.2) is 57.6 Å². The van der Waals surface area contributed by atoms with E-state index in [-0.39, 0.29) is 22.9 Å². The number of aryl methyl sites for hydroxylation is 1. The van der Waals surface area contributed by atoms with Crippen LogP contribution in [0.4, 0.5) is 0 Å². The van der Waals surface area contributed by atoms with Crippen LogP contribution >= 0.6 is 0 Å². The highest BCUT2D eigenvalue weighted by Crippen LogP contribution is 2.24. The molecule has 1 aliphatic heterocycles. The predicted octanol–water partition coefficient (Wildman–Crippen LogP) is 1.41. The zero-order chi connectivity index (χ0) is 19.4. The monoisotopic (exact) mass is 395 g/mol. The lowest BCUT2D eigenvalue weighted by Crippen LogP contribution is -2.41. The Labute approximate surface area is 161 Å². The van der Waals surface area contributed by atoms with Crippen molar-refractivity contribution >= 4 is 15.9 Å². The van der Waals surface area contributed by atoms with Crippen molar-refractivity contribution < 1.29 is 17.9 Å². The van der Waals surface area contributed by atoms with E-state index >= 15 is 0 Å². The van der Waals surface area contributed by atoms with Gasteiger partial charge in [-0.05, 0) is 63.3 Å². The summed E-state index contributed by atoms with van der Waals surface area (Å²) in [5.74, 6) is -0.114. The van der Waals surface area contributed by atoms with Crippen LogP contribution in [0.2, 0.25) is 0 Å². The highest BCUT2D eigenvalue weighted by Gasteiger charge is 2.30. The maximum absolute atomic E-state index is 13.0. The van der Waals surface area contributed by atoms with E-state index in [0.717, 1.165) is 37.7 Å². The largest absolute Gasteiger partial charge is 0.378 e. The predicted molar refractivity (Wildman–Crippen MR) is 103 cm³/mol. The number of nitrogens with zero attached hydrogens (tertiary/aromatic N) is 1. The lowest BCUT2D eigenvalue weighted by Gasteiger charge is -2.32. The van der Waals surface area contributed by atoms with Crippen molar-refractivity contribution in [1.29, 1.82) is 0 Å². The second-order valence-corrected chi connectivity index (χ2v) is 9.09. The smallest absolute Gasteiger partial charge is 0.254 e. The van der Waals surface area contributed by atoms with E-state index in [9.17, 15) is 13.2 Å². The summed E-state index contributed by atoms with van der Waals surface area (Å²) in [6, 6.07) is 4.81. The second-order valence-electron chi connectivity index (χ2n) is 7.38. The molecule has 1 amide bonds. The highest BCUT2D eigenvalue weighted by atomic mass is 32.2. The summed E-state index contributed by atoms with van der Waals surface area (Å²) in [5.41, 5.74) is 6.72. The zero-order valence-electron chi connectivity index (χ0n) is 15.8. The SMILES string of the molecule is Cc1ccc(S(=O)(=O)NC2CC2)cc1C(=O)N1CCC(OCCCN)CC1. The molecule has 150 valence electrons. The van der Waals surface area contributed by atoms with Gasteiger partial charge in [0, 0.05) is 31.3 Å². The van der Waals surface area contributed by atoms with Crippen molar-refractivity contribution in [2.24, 2.45) is 5.73 Å². The molecule has 1 aromatic rings. The Bertz CT molecular complexity index is 769. The Kier molecular flexibility index (Phi) is 6.52. The van der Waals surface area contributed by atoms with Gasteiger partial charge in [-0.3, -0.25) is 4.79 Å². The minimum absolute atomic E-state index is 0.0359. The van der Waals surface area contributed by atoms with Crippen LogP contribution in [0.25, 0.3) is 0 Å². The van der Waals surface area contributed by atoms with Crippen molar-refractivity contribution in [1.82, 2.24) is 9.62 Å². The number of piperidine rings is 1. The van der Waals surface area contributed by atoms with Crippen LogP contribution in [0.15, 0.2) is 23.1 Å². The van der Waals surface area contributed by atoms with Crippen LogP contribution < -0.4 is 10.5 Å². The molecule has 1 aromatic carbocycles. The van der Waals surface area contributed by atoms with E-state index < -0.39 is 10.0 Å². The fourth-order valence-corrected chi connectivity index (χ4v) is 4.55. The third-order valence-electron chi connectivity index (χ3n) is 5.08. The normalized spacial score (nSPS) is 18.7. The Morgan fingerprint density at radius 3 is 2.59 bits per heavy atom. The van der Waals surface area contributed by atoms with E-state index in [4.69, 9.17) is 10.5 Å². The third-order valence-corrected chi connectivity index (χ3v) is 6.60. The number of nitrogens with one attached hydrogen (secondary N) is 1. The van der Waals surface area contributed by atoms with Gasteiger partial charge in [0.25, 0.3) is 5.91 Å². The van der Waals surface area contributed by atoms with Crippen LogP contribution in [-0.2, 0) is 14.8 Å². The minimum atomic E-state index is -3.57. The van der Waals surface area contributed by atoms with E-state index in [1.807, 2.05) is 6.92 Å². The molecule has 0 unspecified atom stereocenters. The number of carbonyl (C=O) groups is 1. The first-order chi connectivity index (χ1) is 12.9. The van der Waals surface area contributed by atoms with E-state index in [1.165, 1.54) is 6.07 Å². The van der Waals surface area contributed by atoms with Gasteiger partial charge < -0.3 is 15.4 Å². The first-order valence-corrected chi connectivity index (χ1v) is 11.1. The zero-order valence-corrected chi connectivity index (χ0v) is 16.6. The molecule has 2 fully saturated rings. The van der Waals surface area contributed by atoms with Gasteiger partial charge in [0.05, 0.1) is 11.0 Å². The average molecular weight is 396 g/mol. The standard InChI is InChI=1S/C19H29N3O4S/c1-14-3-6-17(27(24,25)21-15-4-5-15)13-18(14)19(23)22-10-7-16(8-11-22)26-12-2-9-20/h3,6,13,15-16,21H,2,4-5,7-12,20H2,1H3. The van der Waals surface area contributed by atoms with Gasteiger partial charge in [-0.2, -0.15) is 0 Å². The number of hydrogen-bond donors (Lipinski definition) is 2. The van der Waals surface area contributed by atoms with Crippen molar-refractivity contribution in [3.63, 3.8) is 0 Å². The molecule has 0 aromatic heterocycles. The Morgan fingerprint density at radius 1 is 1.26 bits per heavy atom. The summed E-state index contributed by atoms with van der Waals surface area (Å²) in [4.78, 5) is 14.9. The van der Waals surface area contributed by atoms with Crippen molar-refractivity contribution in [2.75, 3.05) is 26.2 Å². The molecule has 27 heavy (non-hydrogen) atoms. The van der Waals surface area contributed by atoms with Crippen LogP contribution in [0.3, 0.4) is 0 Å². The number of amides is 1. The molecular formula is C19H29N3O4S. The number of hydrogen-bond acceptors (Lipinski definition) is 5. The number of carbonyl (C=O) groups excluding carboxylic acids is 1. The molecule has 2 aliphatic rings. The number of rotatable bonds is 8. The summed E-state index contributed by atoms with van der Waals surface area (Å²) in [6.45, 7) is 4.33. The molecule has 0 bridgehead atoms. The first-order valence-electron chi connectivity index (χ1n) is 9.64. The van der Waals surface area contributed by atoms with Gasteiger partial charge >= 0.3 is 0 Å². The molecule has 0 radical (unpaired) electrons. The summed E-state index contributed by atoms with van der Waals surface area (Å²) in [6.07, 6.45) is 4.33. The van der Waals surface area contributed by atoms with Gasteiger partial charge in [-0.1, -0.05) is 6.07 Å². The molecular weight excluding hydrogens is 366 g/mol. The number of likely N-dealkylation sites (tertiary alicyclic amines) is 1. The van der Waals surface area contributed by atoms with E-state index in [0.29, 0.717) is 31.8 Å². The van der Waals surface area contributed by atoms with Crippen LogP contribution in [0.1, 0.15) is 48.0 Å². The van der Waals surface area contributed by atoms with Gasteiger partial charge in [-0.15, -0.1) is 0 Å². The third kappa shape index (κ3) is 5.28. The van der Waals surface area contributed by atoms with Crippen molar-refractivity contribution in [3.05, 3.63) is 29.3 Å². The fraction of sp³-hybridized carbons (Fsp3) is 0.632. The molecule has 8 heteroatoms. The van der Waals surface area contributed by atoms with Crippen molar-refractivity contribution in [3.8, 4) is 0 Å². The summed E-state index contributed by atoms with van der Waals surface area (Å²) in [5, 5.41) is 0. The molecule has 1 saturated carbocycles. The molecule has 1 saturated heterocycles. The van der Waals surface area contributed by atoms with Crippen LogP contribution in [0, 0.1) is 6.92 Å². The van der Waals surface area contributed by atoms with Gasteiger partial charge in [0.1, 0.15) is 0 Å². The number of benzene rings is 1. The molecule has 0 spiro atoms. The van der Waals surface area contributed by atoms with Gasteiger partial charge in [0.2, 0.25) is 10.0 Å². The molecule has 3 rings (SSSR count).